The van der Waals surface area contributed by atoms with Crippen LogP contribution in [0, 0.1) is 0 Å². The predicted molar refractivity (Wildman–Crippen MR) is 120 cm³/mol. The first-order chi connectivity index (χ1) is 11.5. The molecule has 25 heavy (non-hydrogen) atoms. The number of thioether (sulfide) groups is 1. The van der Waals surface area contributed by atoms with Crippen molar-refractivity contribution in [3.63, 3.8) is 0 Å². The van der Waals surface area contributed by atoms with Gasteiger partial charge in [0, 0.05) is 11.4 Å². The molecule has 0 fully saturated rings. The quantitative estimate of drug-likeness (QED) is 0.237. The normalized spacial score (nSPS) is 13.7. The molecule has 1 aromatic carbocycles. The SMILES string of the molecule is CCNC(=NCc1ccc(SC)cc1)NCC(C)(O)c1ccsc1.I. The van der Waals surface area contributed by atoms with Crippen LogP contribution >= 0.6 is 47.1 Å². The van der Waals surface area contributed by atoms with Gasteiger partial charge >= 0.3 is 0 Å². The second kappa shape index (κ2) is 11.1. The van der Waals surface area contributed by atoms with Crippen LogP contribution in [0.15, 0.2) is 51.0 Å². The van der Waals surface area contributed by atoms with Crippen LogP contribution in [0.25, 0.3) is 0 Å². The number of halogens is 1. The number of hydrogen-bond acceptors (Lipinski definition) is 4. The molecule has 4 nitrogen and oxygen atoms in total. The fourth-order valence-electron chi connectivity index (χ4n) is 2.17. The van der Waals surface area contributed by atoms with Crippen molar-refractivity contribution >= 4 is 53.0 Å². The van der Waals surface area contributed by atoms with E-state index >= 15 is 0 Å². The number of hydrogen-bond donors (Lipinski definition) is 3. The summed E-state index contributed by atoms with van der Waals surface area (Å²) in [6.45, 7) is 5.62. The minimum absolute atomic E-state index is 0. The molecule has 138 valence electrons. The second-order valence-corrected chi connectivity index (χ2v) is 7.34. The summed E-state index contributed by atoms with van der Waals surface area (Å²) in [4.78, 5) is 5.85. The highest BCUT2D eigenvalue weighted by Crippen LogP contribution is 2.22. The molecule has 1 unspecified atom stereocenters. The molecular weight excluding hydrogens is 465 g/mol. The summed E-state index contributed by atoms with van der Waals surface area (Å²) in [6.07, 6.45) is 2.07. The van der Waals surface area contributed by atoms with Crippen molar-refractivity contribution in [2.24, 2.45) is 4.99 Å². The molecular formula is C18H26IN3OS2. The molecule has 2 rings (SSSR count). The number of aliphatic hydroxyl groups is 1. The minimum atomic E-state index is -0.920. The lowest BCUT2D eigenvalue weighted by molar-refractivity contribution is 0.0621. The Morgan fingerprint density at radius 2 is 1.96 bits per heavy atom. The summed E-state index contributed by atoms with van der Waals surface area (Å²) >= 11 is 3.32. The van der Waals surface area contributed by atoms with Gasteiger partial charge in [-0.25, -0.2) is 4.99 Å². The third-order valence-corrected chi connectivity index (χ3v) is 5.09. The van der Waals surface area contributed by atoms with Crippen molar-refractivity contribution in [2.45, 2.75) is 30.9 Å². The van der Waals surface area contributed by atoms with Gasteiger partial charge in [0.1, 0.15) is 5.60 Å². The van der Waals surface area contributed by atoms with E-state index in [4.69, 9.17) is 0 Å². The number of rotatable bonds is 7. The van der Waals surface area contributed by atoms with Crippen LogP contribution in [0.4, 0.5) is 0 Å². The summed E-state index contributed by atoms with van der Waals surface area (Å²) in [5.74, 6) is 0.710. The molecule has 0 amide bonds. The minimum Gasteiger partial charge on any atom is -0.384 e. The number of nitrogens with zero attached hydrogens (tertiary/aromatic N) is 1. The van der Waals surface area contributed by atoms with Crippen LogP contribution < -0.4 is 10.6 Å². The van der Waals surface area contributed by atoms with Crippen LogP contribution in [0.3, 0.4) is 0 Å². The maximum Gasteiger partial charge on any atom is 0.191 e. The van der Waals surface area contributed by atoms with Crippen molar-refractivity contribution in [3.05, 3.63) is 52.2 Å². The summed E-state index contributed by atoms with van der Waals surface area (Å²) in [5.41, 5.74) is 1.16. The second-order valence-electron chi connectivity index (χ2n) is 5.68. The summed E-state index contributed by atoms with van der Waals surface area (Å²) in [6, 6.07) is 10.4. The van der Waals surface area contributed by atoms with E-state index in [1.807, 2.05) is 30.7 Å². The summed E-state index contributed by atoms with van der Waals surface area (Å²) < 4.78 is 0. The summed E-state index contributed by atoms with van der Waals surface area (Å²) in [7, 11) is 0. The Morgan fingerprint density at radius 1 is 1.24 bits per heavy atom. The van der Waals surface area contributed by atoms with E-state index in [0.717, 1.165) is 17.7 Å². The standard InChI is InChI=1S/C18H25N3OS2.HI/c1-4-19-17(20-11-14-5-7-16(23-3)8-6-14)21-13-18(2,22)15-9-10-24-12-15;/h5-10,12,22H,4,11,13H2,1-3H3,(H2,19,20,21);1H. The molecule has 0 aliphatic rings. The van der Waals surface area contributed by atoms with E-state index in [9.17, 15) is 5.11 Å². The number of aliphatic imine (C=N–C) groups is 1. The van der Waals surface area contributed by atoms with Gasteiger partial charge in [0.15, 0.2) is 5.96 Å². The van der Waals surface area contributed by atoms with Gasteiger partial charge in [-0.1, -0.05) is 12.1 Å². The van der Waals surface area contributed by atoms with Gasteiger partial charge in [-0.3, -0.25) is 0 Å². The molecule has 7 heteroatoms. The smallest absolute Gasteiger partial charge is 0.191 e. The topological polar surface area (TPSA) is 56.7 Å². The first-order valence-corrected chi connectivity index (χ1v) is 10.1. The summed E-state index contributed by atoms with van der Waals surface area (Å²) in [5, 5.41) is 21.0. The van der Waals surface area contributed by atoms with Crippen LogP contribution in [0.5, 0.6) is 0 Å². The molecule has 0 bridgehead atoms. The van der Waals surface area contributed by atoms with Gasteiger partial charge in [0.2, 0.25) is 0 Å². The zero-order chi connectivity index (χ0) is 17.4. The molecule has 3 N–H and O–H groups in total. The molecule has 0 radical (unpaired) electrons. The number of guanidine groups is 1. The average molecular weight is 491 g/mol. The lowest BCUT2D eigenvalue weighted by atomic mass is 9.99. The van der Waals surface area contributed by atoms with Gasteiger partial charge in [-0.15, -0.1) is 35.7 Å². The molecule has 0 saturated heterocycles. The van der Waals surface area contributed by atoms with E-state index in [-0.39, 0.29) is 24.0 Å². The fraction of sp³-hybridized carbons (Fsp3) is 0.389. The Labute approximate surface area is 175 Å². The molecule has 0 aliphatic heterocycles. The Hall–Kier alpha value is -0.770. The van der Waals surface area contributed by atoms with Crippen LogP contribution in [-0.2, 0) is 12.1 Å². The van der Waals surface area contributed by atoms with Crippen molar-refractivity contribution in [2.75, 3.05) is 19.3 Å². The zero-order valence-corrected chi connectivity index (χ0v) is 18.7. The molecule has 0 aliphatic carbocycles. The first-order valence-electron chi connectivity index (χ1n) is 7.95. The molecule has 1 heterocycles. The molecule has 1 aromatic heterocycles. The number of thiophene rings is 1. The number of nitrogens with one attached hydrogen (secondary N) is 2. The Bertz CT molecular complexity index is 643. The Balaban J connectivity index is 0.00000312. The maximum atomic E-state index is 10.6. The lowest BCUT2D eigenvalue weighted by Gasteiger charge is -2.24. The zero-order valence-electron chi connectivity index (χ0n) is 14.8. The monoisotopic (exact) mass is 491 g/mol. The Kier molecular flexibility index (Phi) is 9.84. The van der Waals surface area contributed by atoms with Crippen molar-refractivity contribution < 1.29 is 5.11 Å². The van der Waals surface area contributed by atoms with Gasteiger partial charge < -0.3 is 15.7 Å². The average Bonchev–Trinajstić information content (AvgIpc) is 3.13. The van der Waals surface area contributed by atoms with Crippen molar-refractivity contribution in [1.29, 1.82) is 0 Å². The lowest BCUT2D eigenvalue weighted by Crippen LogP contribution is -2.44. The predicted octanol–water partition coefficient (Wildman–Crippen LogP) is 4.05. The van der Waals surface area contributed by atoms with Crippen LogP contribution in [-0.4, -0.2) is 30.4 Å². The third kappa shape index (κ3) is 7.16. The van der Waals surface area contributed by atoms with E-state index in [0.29, 0.717) is 19.0 Å². The van der Waals surface area contributed by atoms with Crippen LogP contribution in [0.1, 0.15) is 25.0 Å². The van der Waals surface area contributed by atoms with Gasteiger partial charge in [0.05, 0.1) is 13.1 Å². The molecule has 1 atom stereocenters. The first kappa shape index (κ1) is 22.3. The van der Waals surface area contributed by atoms with Crippen LogP contribution in [0.2, 0.25) is 0 Å². The van der Waals surface area contributed by atoms with E-state index in [1.54, 1.807) is 23.1 Å². The van der Waals surface area contributed by atoms with Crippen molar-refractivity contribution in [1.82, 2.24) is 10.6 Å². The third-order valence-electron chi connectivity index (χ3n) is 3.67. The fourth-order valence-corrected chi connectivity index (χ4v) is 3.36. The number of benzene rings is 1. The highest BCUT2D eigenvalue weighted by atomic mass is 127. The highest BCUT2D eigenvalue weighted by Gasteiger charge is 2.23. The Morgan fingerprint density at radius 3 is 2.52 bits per heavy atom. The van der Waals surface area contributed by atoms with E-state index < -0.39 is 5.60 Å². The van der Waals surface area contributed by atoms with Gasteiger partial charge in [-0.2, -0.15) is 11.3 Å². The molecule has 0 saturated carbocycles. The van der Waals surface area contributed by atoms with Gasteiger partial charge in [-0.05, 0) is 60.2 Å². The highest BCUT2D eigenvalue weighted by molar-refractivity contribution is 14.0. The largest absolute Gasteiger partial charge is 0.384 e. The van der Waals surface area contributed by atoms with E-state index in [2.05, 4.69) is 46.1 Å². The van der Waals surface area contributed by atoms with E-state index in [1.165, 1.54) is 4.90 Å². The van der Waals surface area contributed by atoms with Gasteiger partial charge in [0.25, 0.3) is 0 Å². The maximum absolute atomic E-state index is 10.6. The van der Waals surface area contributed by atoms with Crippen molar-refractivity contribution in [3.8, 4) is 0 Å². The molecule has 0 spiro atoms. The molecule has 2 aromatic rings.